The van der Waals surface area contributed by atoms with Crippen LogP contribution >= 0.6 is 15.9 Å². The quantitative estimate of drug-likeness (QED) is 0.419. The number of hydrogen-bond donors (Lipinski definition) is 1. The molecule has 0 aliphatic heterocycles. The van der Waals surface area contributed by atoms with Crippen molar-refractivity contribution in [3.05, 3.63) is 63.1 Å². The number of carbonyl (C=O) groups excluding carboxylic acids is 2. The zero-order chi connectivity index (χ0) is 15.6. The van der Waals surface area contributed by atoms with Gasteiger partial charge in [0.1, 0.15) is 0 Å². The summed E-state index contributed by atoms with van der Waals surface area (Å²) in [7, 11) is 0. The second-order valence-electron chi connectivity index (χ2n) is 4.77. The minimum absolute atomic E-state index is 0. The molecular formula is C16H13BrNNaO3. The van der Waals surface area contributed by atoms with E-state index >= 15 is 0 Å². The molecule has 22 heavy (non-hydrogen) atoms. The summed E-state index contributed by atoms with van der Waals surface area (Å²) in [5.74, 6) is -1.46. The molecule has 2 aromatic carbocycles. The van der Waals surface area contributed by atoms with E-state index in [2.05, 4.69) is 15.9 Å². The summed E-state index contributed by atoms with van der Waals surface area (Å²) in [6, 6.07) is 10.2. The van der Waals surface area contributed by atoms with Crippen LogP contribution in [0, 0.1) is 6.92 Å². The number of nitrogens with two attached hydrogens (primary N) is 1. The summed E-state index contributed by atoms with van der Waals surface area (Å²) in [4.78, 5) is 23.3. The average Bonchev–Trinajstić information content (AvgIpc) is 2.42. The minimum atomic E-state index is -1.23. The van der Waals surface area contributed by atoms with Gasteiger partial charge in [-0.15, -0.1) is 0 Å². The molecule has 0 aromatic heterocycles. The minimum Gasteiger partial charge on any atom is -0.550 e. The van der Waals surface area contributed by atoms with Crippen molar-refractivity contribution in [2.75, 3.05) is 5.73 Å². The van der Waals surface area contributed by atoms with Gasteiger partial charge in [-0.3, -0.25) is 4.79 Å². The third kappa shape index (κ3) is 4.43. The Morgan fingerprint density at radius 1 is 1.18 bits per heavy atom. The summed E-state index contributed by atoms with van der Waals surface area (Å²) >= 11 is 3.31. The second kappa shape index (κ2) is 7.92. The molecule has 0 saturated carbocycles. The van der Waals surface area contributed by atoms with E-state index in [4.69, 9.17) is 5.73 Å². The predicted molar refractivity (Wildman–Crippen MR) is 81.9 cm³/mol. The van der Waals surface area contributed by atoms with Gasteiger partial charge in [-0.1, -0.05) is 22.0 Å². The topological polar surface area (TPSA) is 83.2 Å². The molecule has 0 aliphatic rings. The molecule has 0 unspecified atom stereocenters. The zero-order valence-corrected chi connectivity index (χ0v) is 15.9. The van der Waals surface area contributed by atoms with Crippen LogP contribution < -0.4 is 40.4 Å². The molecular weight excluding hydrogens is 357 g/mol. The molecule has 2 N–H and O–H groups in total. The van der Waals surface area contributed by atoms with Gasteiger partial charge in [0.15, 0.2) is 5.78 Å². The van der Waals surface area contributed by atoms with Crippen LogP contribution in [0.25, 0.3) is 0 Å². The zero-order valence-electron chi connectivity index (χ0n) is 12.4. The van der Waals surface area contributed by atoms with E-state index < -0.39 is 5.97 Å². The number of rotatable bonds is 4. The summed E-state index contributed by atoms with van der Waals surface area (Å²) in [5.41, 5.74) is 8.13. The van der Waals surface area contributed by atoms with Crippen LogP contribution in [0.2, 0.25) is 0 Å². The Morgan fingerprint density at radius 3 is 2.32 bits per heavy atom. The number of hydrogen-bond acceptors (Lipinski definition) is 4. The Kier molecular flexibility index (Phi) is 6.81. The number of carboxylic acids is 1. The van der Waals surface area contributed by atoms with Gasteiger partial charge in [0.05, 0.1) is 0 Å². The summed E-state index contributed by atoms with van der Waals surface area (Å²) in [5, 5.41) is 10.8. The van der Waals surface area contributed by atoms with Crippen LogP contribution in [-0.4, -0.2) is 11.8 Å². The summed E-state index contributed by atoms with van der Waals surface area (Å²) in [6.45, 7) is 1.79. The van der Waals surface area contributed by atoms with Crippen LogP contribution in [0.5, 0.6) is 0 Å². The Morgan fingerprint density at radius 2 is 1.77 bits per heavy atom. The maximum atomic E-state index is 12.5. The van der Waals surface area contributed by atoms with Gasteiger partial charge < -0.3 is 15.6 Å². The second-order valence-corrected chi connectivity index (χ2v) is 5.69. The van der Waals surface area contributed by atoms with E-state index in [-0.39, 0.29) is 47.4 Å². The van der Waals surface area contributed by atoms with Crippen molar-refractivity contribution in [1.29, 1.82) is 0 Å². The molecule has 6 heteroatoms. The van der Waals surface area contributed by atoms with Crippen LogP contribution in [0.3, 0.4) is 0 Å². The van der Waals surface area contributed by atoms with Crippen molar-refractivity contribution < 1.29 is 44.3 Å². The average molecular weight is 370 g/mol. The first kappa shape index (κ1) is 18.9. The number of carbonyl (C=O) groups is 2. The van der Waals surface area contributed by atoms with Crippen molar-refractivity contribution in [3.8, 4) is 0 Å². The molecule has 2 rings (SSSR count). The van der Waals surface area contributed by atoms with Crippen LogP contribution in [0.15, 0.2) is 40.9 Å². The number of carboxylic acid groups (broad SMARTS) is 1. The van der Waals surface area contributed by atoms with Crippen LogP contribution in [-0.2, 0) is 11.2 Å². The summed E-state index contributed by atoms with van der Waals surface area (Å²) < 4.78 is 0.869. The van der Waals surface area contributed by atoms with Crippen molar-refractivity contribution in [2.45, 2.75) is 13.3 Å². The Hall–Kier alpha value is -1.14. The van der Waals surface area contributed by atoms with Crippen molar-refractivity contribution in [1.82, 2.24) is 0 Å². The van der Waals surface area contributed by atoms with Crippen molar-refractivity contribution in [2.24, 2.45) is 0 Å². The standard InChI is InChI=1S/C16H14BrNO3.Na/c1-9-6-11(8-14(19)20)15(18)13(7-9)16(21)10-2-4-12(17)5-3-10;/h2-7H,8,18H2,1H3,(H,19,20);/q;+1/p-1. The SMILES string of the molecule is Cc1cc(CC(=O)[O-])c(N)c(C(=O)c2ccc(Br)cc2)c1.[Na+]. The van der Waals surface area contributed by atoms with Gasteiger partial charge in [0.2, 0.25) is 0 Å². The first-order valence-electron chi connectivity index (χ1n) is 6.27. The normalized spacial score (nSPS) is 9.91. The molecule has 0 amide bonds. The molecule has 0 atom stereocenters. The molecule has 2 aromatic rings. The fourth-order valence-electron chi connectivity index (χ4n) is 2.12. The number of benzene rings is 2. The number of anilines is 1. The largest absolute Gasteiger partial charge is 1.00 e. The van der Waals surface area contributed by atoms with E-state index in [9.17, 15) is 14.7 Å². The number of ketones is 1. The maximum absolute atomic E-state index is 12.5. The molecule has 0 heterocycles. The van der Waals surface area contributed by atoms with Gasteiger partial charge >= 0.3 is 29.6 Å². The van der Waals surface area contributed by atoms with E-state index in [1.165, 1.54) is 0 Å². The Balaban J connectivity index is 0.00000242. The van der Waals surface area contributed by atoms with Gasteiger partial charge in [0, 0.05) is 33.7 Å². The third-order valence-corrected chi connectivity index (χ3v) is 3.62. The molecule has 0 bridgehead atoms. The van der Waals surface area contributed by atoms with Crippen LogP contribution in [0.4, 0.5) is 5.69 Å². The molecule has 0 saturated heterocycles. The van der Waals surface area contributed by atoms with Gasteiger partial charge in [-0.25, -0.2) is 0 Å². The number of nitrogen functional groups attached to an aromatic ring is 1. The van der Waals surface area contributed by atoms with Crippen molar-refractivity contribution in [3.63, 3.8) is 0 Å². The molecule has 0 aliphatic carbocycles. The molecule has 0 spiro atoms. The molecule has 4 nitrogen and oxygen atoms in total. The van der Waals surface area contributed by atoms with Crippen LogP contribution in [0.1, 0.15) is 27.0 Å². The molecule has 0 fully saturated rings. The van der Waals surface area contributed by atoms with Crippen molar-refractivity contribution >= 4 is 33.4 Å². The number of halogens is 1. The predicted octanol–water partition coefficient (Wildman–Crippen LogP) is -1.13. The Bertz CT molecular complexity index is 714. The smallest absolute Gasteiger partial charge is 0.550 e. The maximum Gasteiger partial charge on any atom is 1.00 e. The van der Waals surface area contributed by atoms with Gasteiger partial charge in [0.25, 0.3) is 0 Å². The summed E-state index contributed by atoms with van der Waals surface area (Å²) in [6.07, 6.45) is -0.311. The van der Waals surface area contributed by atoms with Gasteiger partial charge in [-0.2, -0.15) is 0 Å². The first-order valence-corrected chi connectivity index (χ1v) is 7.07. The third-order valence-electron chi connectivity index (χ3n) is 3.10. The number of aliphatic carboxylic acids is 1. The molecule has 108 valence electrons. The van der Waals surface area contributed by atoms with E-state index in [1.54, 1.807) is 43.3 Å². The number of aryl methyl sites for hydroxylation is 1. The monoisotopic (exact) mass is 369 g/mol. The van der Waals surface area contributed by atoms with E-state index in [0.29, 0.717) is 16.7 Å². The Labute approximate surface area is 159 Å². The van der Waals surface area contributed by atoms with E-state index in [0.717, 1.165) is 10.0 Å². The van der Waals surface area contributed by atoms with E-state index in [1.807, 2.05) is 0 Å². The first-order chi connectivity index (χ1) is 9.88. The van der Waals surface area contributed by atoms with Gasteiger partial charge in [-0.05, 0) is 48.4 Å². The molecule has 0 radical (unpaired) electrons. The fraction of sp³-hybridized carbons (Fsp3) is 0.125. The fourth-order valence-corrected chi connectivity index (χ4v) is 2.38.